The van der Waals surface area contributed by atoms with Crippen molar-refractivity contribution in [2.45, 2.75) is 0 Å². The molecule has 0 heterocycles. The van der Waals surface area contributed by atoms with Crippen LogP contribution in [0.25, 0.3) is 0 Å². The van der Waals surface area contributed by atoms with Crippen molar-refractivity contribution >= 4 is 11.5 Å². The van der Waals surface area contributed by atoms with Crippen LogP contribution in [0.5, 0.6) is 17.2 Å². The highest BCUT2D eigenvalue weighted by atomic mass is 16.5. The molecule has 0 aromatic heterocycles. The Balaban J connectivity index is 2.14. The maximum atomic E-state index is 12.2. The molecule has 0 aliphatic heterocycles. The molecule has 0 aliphatic rings. The molecule has 2 aromatic rings. The highest BCUT2D eigenvalue weighted by Gasteiger charge is 2.14. The molecule has 110 valence electrons. The van der Waals surface area contributed by atoms with Gasteiger partial charge in [-0.2, -0.15) is 0 Å². The first-order valence-corrected chi connectivity index (χ1v) is 6.41. The number of aromatic hydroxyl groups is 2. The Morgan fingerprint density at radius 3 is 2.62 bits per heavy atom. The van der Waals surface area contributed by atoms with Gasteiger partial charge in [-0.3, -0.25) is 4.79 Å². The number of ether oxygens (including phenoxy) is 1. The Morgan fingerprint density at radius 2 is 1.95 bits per heavy atom. The molecule has 0 radical (unpaired) electrons. The number of carbonyl (C=O) groups is 1. The van der Waals surface area contributed by atoms with Crippen LogP contribution in [0, 0.1) is 0 Å². The molecule has 2 N–H and O–H groups in total. The van der Waals surface area contributed by atoms with E-state index in [1.165, 1.54) is 12.1 Å². The average molecular weight is 287 g/mol. The van der Waals surface area contributed by atoms with Gasteiger partial charge in [0.05, 0.1) is 19.2 Å². The largest absolute Gasteiger partial charge is 0.508 e. The molecule has 5 nitrogen and oxygen atoms in total. The number of hydrogen-bond donors (Lipinski definition) is 2. The fraction of sp³-hybridized carbons (Fsp3) is 0.188. The number of carbonyl (C=O) groups excluding carboxylic acids is 1. The molecule has 0 aliphatic carbocycles. The minimum atomic E-state index is -0.238. The van der Waals surface area contributed by atoms with Gasteiger partial charge in [0.1, 0.15) is 17.2 Å². The van der Waals surface area contributed by atoms with E-state index in [4.69, 9.17) is 4.74 Å². The van der Waals surface area contributed by atoms with Gasteiger partial charge >= 0.3 is 0 Å². The van der Waals surface area contributed by atoms with E-state index in [0.717, 1.165) is 11.8 Å². The fourth-order valence-corrected chi connectivity index (χ4v) is 2.00. The zero-order valence-electron chi connectivity index (χ0n) is 11.9. The van der Waals surface area contributed by atoms with Crippen molar-refractivity contribution in [2.75, 3.05) is 25.6 Å². The third-order valence-corrected chi connectivity index (χ3v) is 3.16. The Kier molecular flexibility index (Phi) is 4.33. The normalized spacial score (nSPS) is 10.2. The second kappa shape index (κ2) is 6.17. The summed E-state index contributed by atoms with van der Waals surface area (Å²) < 4.78 is 5.15. The van der Waals surface area contributed by atoms with Gasteiger partial charge in [-0.05, 0) is 24.3 Å². The monoisotopic (exact) mass is 287 g/mol. The Morgan fingerprint density at radius 1 is 1.19 bits per heavy atom. The number of Topliss-reactive ketones (excluding diaryl/α,β-unsaturated/α-hetero) is 1. The lowest BCUT2D eigenvalue weighted by molar-refractivity contribution is 0.0998. The number of phenolic OH excluding ortho intramolecular Hbond substituents is 2. The maximum Gasteiger partial charge on any atom is 0.185 e. The Hall–Kier alpha value is -2.69. The summed E-state index contributed by atoms with van der Waals surface area (Å²) in [5.74, 6) is 0.168. The van der Waals surface area contributed by atoms with Crippen molar-refractivity contribution in [3.63, 3.8) is 0 Å². The number of methoxy groups -OCH3 is 1. The topological polar surface area (TPSA) is 70.0 Å². The van der Waals surface area contributed by atoms with Crippen LogP contribution >= 0.6 is 0 Å². The van der Waals surface area contributed by atoms with Crippen LogP contribution in [0.15, 0.2) is 42.5 Å². The maximum absolute atomic E-state index is 12.2. The quantitative estimate of drug-likeness (QED) is 0.826. The zero-order valence-corrected chi connectivity index (χ0v) is 11.9. The number of likely N-dealkylation sites (N-methyl/N-ethyl adjacent to an activating group) is 1. The molecule has 2 rings (SSSR count). The van der Waals surface area contributed by atoms with Crippen LogP contribution in [-0.2, 0) is 0 Å². The van der Waals surface area contributed by atoms with Gasteiger partial charge in [0.25, 0.3) is 0 Å². The lowest BCUT2D eigenvalue weighted by atomic mass is 10.1. The SMILES string of the molecule is COc1cccc(N(C)CC(=O)c2ccc(O)cc2O)c1. The molecule has 2 aromatic carbocycles. The first kappa shape index (κ1) is 14.7. The summed E-state index contributed by atoms with van der Waals surface area (Å²) in [5, 5.41) is 18.9. The van der Waals surface area contributed by atoms with Crippen molar-refractivity contribution in [2.24, 2.45) is 0 Å². The molecule has 21 heavy (non-hydrogen) atoms. The van der Waals surface area contributed by atoms with E-state index in [0.29, 0.717) is 5.75 Å². The lowest BCUT2D eigenvalue weighted by Gasteiger charge is -2.19. The van der Waals surface area contributed by atoms with Gasteiger partial charge in [0.2, 0.25) is 0 Å². The molecule has 0 fully saturated rings. The molecule has 0 unspecified atom stereocenters. The van der Waals surface area contributed by atoms with Crippen LogP contribution in [0.2, 0.25) is 0 Å². The van der Waals surface area contributed by atoms with Gasteiger partial charge < -0.3 is 19.8 Å². The van der Waals surface area contributed by atoms with Gasteiger partial charge in [0, 0.05) is 24.9 Å². The van der Waals surface area contributed by atoms with Crippen molar-refractivity contribution in [3.8, 4) is 17.2 Å². The molecular weight excluding hydrogens is 270 g/mol. The smallest absolute Gasteiger partial charge is 0.185 e. The Labute approximate surface area is 123 Å². The second-order valence-corrected chi connectivity index (χ2v) is 4.68. The highest BCUT2D eigenvalue weighted by molar-refractivity contribution is 6.01. The number of benzene rings is 2. The number of nitrogens with zero attached hydrogens (tertiary/aromatic N) is 1. The number of phenols is 2. The average Bonchev–Trinajstić information content (AvgIpc) is 2.47. The van der Waals surface area contributed by atoms with E-state index >= 15 is 0 Å². The third-order valence-electron chi connectivity index (χ3n) is 3.16. The van der Waals surface area contributed by atoms with Crippen LogP contribution in [0.1, 0.15) is 10.4 Å². The van der Waals surface area contributed by atoms with Gasteiger partial charge in [-0.25, -0.2) is 0 Å². The molecule has 0 amide bonds. The van der Waals surface area contributed by atoms with Crippen molar-refractivity contribution in [1.82, 2.24) is 0 Å². The van der Waals surface area contributed by atoms with Crippen LogP contribution in [0.3, 0.4) is 0 Å². The van der Waals surface area contributed by atoms with Crippen molar-refractivity contribution in [3.05, 3.63) is 48.0 Å². The first-order chi connectivity index (χ1) is 10.0. The van der Waals surface area contributed by atoms with Gasteiger partial charge in [0.15, 0.2) is 5.78 Å². The molecule has 0 spiro atoms. The number of anilines is 1. The van der Waals surface area contributed by atoms with E-state index in [1.54, 1.807) is 19.1 Å². The molecule has 0 atom stereocenters. The molecule has 0 saturated carbocycles. The summed E-state index contributed by atoms with van der Waals surface area (Å²) in [4.78, 5) is 14.0. The summed E-state index contributed by atoms with van der Waals surface area (Å²) >= 11 is 0. The van der Waals surface area contributed by atoms with E-state index in [-0.39, 0.29) is 29.4 Å². The van der Waals surface area contributed by atoms with E-state index in [9.17, 15) is 15.0 Å². The van der Waals surface area contributed by atoms with Crippen molar-refractivity contribution in [1.29, 1.82) is 0 Å². The predicted octanol–water partition coefficient (Wildman–Crippen LogP) is 2.43. The molecule has 5 heteroatoms. The summed E-state index contributed by atoms with van der Waals surface area (Å²) in [5.41, 5.74) is 1.02. The fourth-order valence-electron chi connectivity index (χ4n) is 2.00. The molecule has 0 saturated heterocycles. The first-order valence-electron chi connectivity index (χ1n) is 6.41. The molecule has 0 bridgehead atoms. The standard InChI is InChI=1S/C16H17NO4/c1-17(11-4-3-5-13(8-11)21-2)10-16(20)14-7-6-12(18)9-15(14)19/h3-9,18-19H,10H2,1-2H3. The van der Waals surface area contributed by atoms with Crippen LogP contribution in [0.4, 0.5) is 5.69 Å². The second-order valence-electron chi connectivity index (χ2n) is 4.68. The van der Waals surface area contributed by atoms with Crippen LogP contribution in [-0.4, -0.2) is 36.7 Å². The van der Waals surface area contributed by atoms with Gasteiger partial charge in [-0.15, -0.1) is 0 Å². The van der Waals surface area contributed by atoms with E-state index < -0.39 is 0 Å². The highest BCUT2D eigenvalue weighted by Crippen LogP contribution is 2.24. The summed E-state index contributed by atoms with van der Waals surface area (Å²) in [6.07, 6.45) is 0. The zero-order chi connectivity index (χ0) is 15.4. The van der Waals surface area contributed by atoms with Gasteiger partial charge in [-0.1, -0.05) is 6.07 Å². The summed E-state index contributed by atoms with van der Waals surface area (Å²) in [6.45, 7) is 0.103. The Bertz CT molecular complexity index is 654. The minimum Gasteiger partial charge on any atom is -0.508 e. The molecular formula is C16H17NO4. The number of rotatable bonds is 5. The van der Waals surface area contributed by atoms with Crippen LogP contribution < -0.4 is 9.64 Å². The van der Waals surface area contributed by atoms with Crippen molar-refractivity contribution < 1.29 is 19.7 Å². The van der Waals surface area contributed by atoms with E-state index in [1.807, 2.05) is 24.3 Å². The third kappa shape index (κ3) is 3.45. The van der Waals surface area contributed by atoms with E-state index in [2.05, 4.69) is 0 Å². The number of ketones is 1. The predicted molar refractivity (Wildman–Crippen MR) is 80.4 cm³/mol. The number of hydrogen-bond acceptors (Lipinski definition) is 5. The summed E-state index contributed by atoms with van der Waals surface area (Å²) in [7, 11) is 3.36. The lowest BCUT2D eigenvalue weighted by Crippen LogP contribution is -2.25. The minimum absolute atomic E-state index is 0.0785. The summed E-state index contributed by atoms with van der Waals surface area (Å²) in [6, 6.07) is 11.3.